The molecule has 1 N–H and O–H groups in total. The first-order valence-corrected chi connectivity index (χ1v) is 8.92. The van der Waals surface area contributed by atoms with Crippen molar-refractivity contribution in [3.63, 3.8) is 0 Å². The van der Waals surface area contributed by atoms with Crippen molar-refractivity contribution in [1.82, 2.24) is 5.32 Å². The van der Waals surface area contributed by atoms with Crippen molar-refractivity contribution in [1.29, 1.82) is 0 Å². The van der Waals surface area contributed by atoms with Gasteiger partial charge in [-0.2, -0.15) is 13.2 Å². The van der Waals surface area contributed by atoms with Crippen molar-refractivity contribution in [3.05, 3.63) is 73.7 Å². The van der Waals surface area contributed by atoms with Gasteiger partial charge in [-0.05, 0) is 41.3 Å². The van der Waals surface area contributed by atoms with Crippen LogP contribution in [0.15, 0.2) is 36.4 Å². The van der Waals surface area contributed by atoms with E-state index in [9.17, 15) is 18.0 Å². The van der Waals surface area contributed by atoms with E-state index in [2.05, 4.69) is 5.32 Å². The van der Waals surface area contributed by atoms with Crippen LogP contribution >= 0.6 is 34.8 Å². The van der Waals surface area contributed by atoms with Crippen molar-refractivity contribution >= 4 is 47.3 Å². The van der Waals surface area contributed by atoms with Crippen LogP contribution in [0.1, 0.15) is 28.2 Å². The summed E-state index contributed by atoms with van der Waals surface area (Å²) in [5.41, 5.74) is 1.63. The number of allylic oxidation sites excluding steroid dienone is 1. The van der Waals surface area contributed by atoms with Crippen LogP contribution < -0.4 is 5.32 Å². The second-order valence-electron chi connectivity index (χ2n) is 5.86. The molecule has 0 fully saturated rings. The third kappa shape index (κ3) is 5.64. The topological polar surface area (TPSA) is 29.1 Å². The molecule has 1 amide bonds. The minimum Gasteiger partial charge on any atom is -0.355 e. The zero-order chi connectivity index (χ0) is 20.2. The van der Waals surface area contributed by atoms with E-state index in [1.54, 1.807) is 19.1 Å². The predicted molar refractivity (Wildman–Crippen MR) is 103 cm³/mol. The molecule has 1 atom stereocenters. The van der Waals surface area contributed by atoms with Crippen LogP contribution in [0, 0.1) is 6.92 Å². The minimum absolute atomic E-state index is 0.00329. The fourth-order valence-electron chi connectivity index (χ4n) is 2.51. The van der Waals surface area contributed by atoms with Gasteiger partial charge in [0.2, 0.25) is 6.41 Å². The Morgan fingerprint density at radius 3 is 2.37 bits per heavy atom. The van der Waals surface area contributed by atoms with Gasteiger partial charge in [-0.15, -0.1) is 0 Å². The van der Waals surface area contributed by atoms with Gasteiger partial charge >= 0.3 is 6.18 Å². The lowest BCUT2D eigenvalue weighted by molar-refractivity contribution is -0.139. The number of nitrogens with one attached hydrogen (secondary N) is 1. The highest BCUT2D eigenvalue weighted by atomic mass is 35.5. The Kier molecular flexibility index (Phi) is 7.20. The Morgan fingerprint density at radius 2 is 1.81 bits per heavy atom. The zero-order valence-electron chi connectivity index (χ0n) is 14.1. The SMILES string of the molecule is Cc1cc(C(/C=C/c2ccc(CNC=O)c(Cl)c2)C(F)(F)F)cc(Cl)c1Cl. The van der Waals surface area contributed by atoms with E-state index < -0.39 is 12.1 Å². The summed E-state index contributed by atoms with van der Waals surface area (Å²) in [4.78, 5) is 10.3. The highest BCUT2D eigenvalue weighted by Crippen LogP contribution is 2.39. The average molecular weight is 437 g/mol. The third-order valence-electron chi connectivity index (χ3n) is 3.88. The van der Waals surface area contributed by atoms with Gasteiger partial charge in [-0.3, -0.25) is 4.79 Å². The monoisotopic (exact) mass is 435 g/mol. The van der Waals surface area contributed by atoms with Crippen molar-refractivity contribution in [2.45, 2.75) is 25.6 Å². The molecule has 0 radical (unpaired) electrons. The van der Waals surface area contributed by atoms with Crippen molar-refractivity contribution < 1.29 is 18.0 Å². The number of halogens is 6. The molecule has 2 rings (SSSR count). The van der Waals surface area contributed by atoms with Gasteiger partial charge in [-0.25, -0.2) is 0 Å². The normalized spacial score (nSPS) is 13.0. The molecule has 2 aromatic carbocycles. The quantitative estimate of drug-likeness (QED) is 0.510. The largest absolute Gasteiger partial charge is 0.399 e. The first kappa shape index (κ1) is 21.6. The fraction of sp³-hybridized carbons (Fsp3) is 0.211. The molecular weight excluding hydrogens is 422 g/mol. The molecule has 0 spiro atoms. The van der Waals surface area contributed by atoms with E-state index >= 15 is 0 Å². The molecule has 0 saturated carbocycles. The zero-order valence-corrected chi connectivity index (χ0v) is 16.3. The molecular formula is C19H15Cl3F3NO. The predicted octanol–water partition coefficient (Wildman–Crippen LogP) is 6.56. The first-order valence-electron chi connectivity index (χ1n) is 7.79. The smallest absolute Gasteiger partial charge is 0.355 e. The molecule has 2 nitrogen and oxygen atoms in total. The van der Waals surface area contributed by atoms with Crippen LogP contribution in [0.25, 0.3) is 6.08 Å². The maximum Gasteiger partial charge on any atom is 0.399 e. The average Bonchev–Trinajstić information content (AvgIpc) is 2.58. The van der Waals surface area contributed by atoms with E-state index in [0.29, 0.717) is 28.1 Å². The number of amides is 1. The molecule has 0 bridgehead atoms. The summed E-state index contributed by atoms with van der Waals surface area (Å²) in [6, 6.07) is 7.40. The fourth-order valence-corrected chi connectivity index (χ4v) is 3.15. The number of carbonyl (C=O) groups is 1. The summed E-state index contributed by atoms with van der Waals surface area (Å²) >= 11 is 18.0. The molecule has 144 valence electrons. The number of benzene rings is 2. The Bertz CT molecular complexity index is 843. The molecule has 0 heterocycles. The van der Waals surface area contributed by atoms with Gasteiger partial charge in [0.05, 0.1) is 16.0 Å². The minimum atomic E-state index is -4.50. The molecule has 1 unspecified atom stereocenters. The maximum atomic E-state index is 13.6. The highest BCUT2D eigenvalue weighted by Gasteiger charge is 2.39. The molecule has 2 aromatic rings. The van der Waals surface area contributed by atoms with E-state index in [0.717, 1.165) is 6.08 Å². The van der Waals surface area contributed by atoms with Crippen LogP contribution in [0.4, 0.5) is 13.2 Å². The molecule has 0 aliphatic heterocycles. The first-order chi connectivity index (χ1) is 12.6. The van der Waals surface area contributed by atoms with Crippen LogP contribution in [0.2, 0.25) is 15.1 Å². The van der Waals surface area contributed by atoms with Crippen molar-refractivity contribution in [2.24, 2.45) is 0 Å². The lowest BCUT2D eigenvalue weighted by Gasteiger charge is -2.19. The van der Waals surface area contributed by atoms with Gasteiger partial charge in [0.15, 0.2) is 0 Å². The van der Waals surface area contributed by atoms with E-state index in [1.807, 2.05) is 0 Å². The van der Waals surface area contributed by atoms with Crippen molar-refractivity contribution in [3.8, 4) is 0 Å². The summed E-state index contributed by atoms with van der Waals surface area (Å²) in [6.07, 6.45) is -1.57. The maximum absolute atomic E-state index is 13.6. The second kappa shape index (κ2) is 9.00. The van der Waals surface area contributed by atoms with E-state index in [1.165, 1.54) is 24.3 Å². The Labute approximate surface area is 169 Å². The number of hydrogen-bond donors (Lipinski definition) is 1. The second-order valence-corrected chi connectivity index (χ2v) is 7.05. The molecule has 0 aliphatic rings. The van der Waals surface area contributed by atoms with Gasteiger partial charge in [-0.1, -0.05) is 65.2 Å². The van der Waals surface area contributed by atoms with Gasteiger partial charge < -0.3 is 5.32 Å². The third-order valence-corrected chi connectivity index (χ3v) is 5.13. The Morgan fingerprint density at radius 1 is 1.11 bits per heavy atom. The Balaban J connectivity index is 2.34. The highest BCUT2D eigenvalue weighted by molar-refractivity contribution is 6.42. The summed E-state index contributed by atoms with van der Waals surface area (Å²) in [6.45, 7) is 1.83. The van der Waals surface area contributed by atoms with Crippen LogP contribution in [0.3, 0.4) is 0 Å². The summed E-state index contributed by atoms with van der Waals surface area (Å²) < 4.78 is 40.7. The molecule has 0 saturated heterocycles. The van der Waals surface area contributed by atoms with Crippen LogP contribution in [0.5, 0.6) is 0 Å². The van der Waals surface area contributed by atoms with Gasteiger partial charge in [0.1, 0.15) is 0 Å². The number of carbonyl (C=O) groups excluding carboxylic acids is 1. The number of hydrogen-bond acceptors (Lipinski definition) is 1. The molecule has 27 heavy (non-hydrogen) atoms. The number of alkyl halides is 3. The van der Waals surface area contributed by atoms with Gasteiger partial charge in [0.25, 0.3) is 0 Å². The van der Waals surface area contributed by atoms with Crippen molar-refractivity contribution in [2.75, 3.05) is 0 Å². The lowest BCUT2D eigenvalue weighted by Crippen LogP contribution is -2.19. The van der Waals surface area contributed by atoms with Crippen LogP contribution in [-0.2, 0) is 11.3 Å². The van der Waals surface area contributed by atoms with E-state index in [-0.39, 0.29) is 22.2 Å². The van der Waals surface area contributed by atoms with Gasteiger partial charge in [0, 0.05) is 11.6 Å². The number of aryl methyl sites for hydroxylation is 1. The summed E-state index contributed by atoms with van der Waals surface area (Å²) in [5, 5.41) is 3.13. The standard InChI is InChI=1S/C19H15Cl3F3NO/c1-11-6-14(8-17(21)18(11)22)15(19(23,24)25)5-3-12-2-4-13(9-26-10-27)16(20)7-12/h2-8,10,15H,9H2,1H3,(H,26,27)/b5-3+. The number of rotatable bonds is 6. The van der Waals surface area contributed by atoms with Crippen LogP contribution in [-0.4, -0.2) is 12.6 Å². The molecule has 0 aromatic heterocycles. The van der Waals surface area contributed by atoms with E-state index in [4.69, 9.17) is 34.8 Å². The summed E-state index contributed by atoms with van der Waals surface area (Å²) in [5.74, 6) is -1.85. The summed E-state index contributed by atoms with van der Waals surface area (Å²) in [7, 11) is 0. The molecule has 8 heteroatoms. The lowest BCUT2D eigenvalue weighted by atomic mass is 9.95. The Hall–Kier alpha value is -1.69. The molecule has 0 aliphatic carbocycles.